The van der Waals surface area contributed by atoms with Crippen molar-refractivity contribution in [3.63, 3.8) is 0 Å². The third-order valence-corrected chi connectivity index (χ3v) is 4.22. The lowest BCUT2D eigenvalue weighted by molar-refractivity contribution is -0.387. The first-order valence-corrected chi connectivity index (χ1v) is 9.62. The van der Waals surface area contributed by atoms with Gasteiger partial charge in [0.1, 0.15) is 5.69 Å². The molecule has 0 aliphatic heterocycles. The molecule has 0 radical (unpaired) electrons. The smallest absolute Gasteiger partial charge is 0.304 e. The highest BCUT2D eigenvalue weighted by molar-refractivity contribution is 9.10. The summed E-state index contributed by atoms with van der Waals surface area (Å²) in [6.07, 6.45) is 0. The van der Waals surface area contributed by atoms with Crippen LogP contribution in [0.5, 0.6) is 0 Å². The molecule has 0 heterocycles. The maximum Gasteiger partial charge on any atom is 0.304 e. The van der Waals surface area contributed by atoms with E-state index >= 15 is 0 Å². The minimum Gasteiger partial charge on any atom is -0.380 e. The van der Waals surface area contributed by atoms with Crippen LogP contribution in [0.1, 0.15) is 13.8 Å². The first kappa shape index (κ1) is 27.2. The zero-order valence-electron chi connectivity index (χ0n) is 15.5. The number of nitro groups is 2. The molecule has 0 bridgehead atoms. The highest BCUT2D eigenvalue weighted by Crippen LogP contribution is 2.28. The topological polar surface area (TPSA) is 108 Å². The Morgan fingerprint density at radius 3 is 2.07 bits per heavy atom. The first-order valence-electron chi connectivity index (χ1n) is 8.03. The van der Waals surface area contributed by atoms with E-state index in [4.69, 9.17) is 4.74 Å². The van der Waals surface area contributed by atoms with Gasteiger partial charge in [-0.1, -0.05) is 31.9 Å². The van der Waals surface area contributed by atoms with Crippen LogP contribution in [0.25, 0.3) is 0 Å². The van der Waals surface area contributed by atoms with E-state index in [1.54, 1.807) is 12.1 Å². The van der Waals surface area contributed by atoms with Gasteiger partial charge in [-0.2, -0.15) is 17.9 Å². The minimum absolute atomic E-state index is 0. The van der Waals surface area contributed by atoms with Gasteiger partial charge in [0.15, 0.2) is 0 Å². The summed E-state index contributed by atoms with van der Waals surface area (Å²) < 4.78 is 19.2. The Hall–Kier alpha value is -1.76. The molecule has 0 aliphatic rings. The van der Waals surface area contributed by atoms with Crippen LogP contribution >= 0.6 is 45.4 Å². The van der Waals surface area contributed by atoms with Crippen molar-refractivity contribution in [1.29, 1.82) is 0 Å². The summed E-state index contributed by atoms with van der Waals surface area (Å²) in [7, 11) is 0. The molecule has 0 aromatic heterocycles. The highest BCUT2D eigenvalue weighted by Gasteiger charge is 2.15. The first-order chi connectivity index (χ1) is 13.1. The summed E-state index contributed by atoms with van der Waals surface area (Å²) in [6, 6.07) is 8.42. The van der Waals surface area contributed by atoms with Crippen LogP contribution in [0.4, 0.5) is 21.5 Å². The molecule has 2 aromatic carbocycles. The average molecular weight is 557 g/mol. The second-order valence-electron chi connectivity index (χ2n) is 5.48. The van der Waals surface area contributed by atoms with Gasteiger partial charge < -0.3 is 10.1 Å². The number of nitrogens with one attached hydrogen (secondary N) is 1. The Kier molecular flexibility index (Phi) is 12.6. The number of anilines is 1. The molecule has 12 heteroatoms. The van der Waals surface area contributed by atoms with E-state index in [1.165, 1.54) is 12.1 Å². The fourth-order valence-electron chi connectivity index (χ4n) is 2.01. The molecule has 1 atom stereocenters. The summed E-state index contributed by atoms with van der Waals surface area (Å²) in [4.78, 5) is 19.8. The molecule has 160 valence electrons. The molecule has 0 fully saturated rings. The maximum atomic E-state index is 12.6. The van der Waals surface area contributed by atoms with Crippen LogP contribution in [0.2, 0.25) is 0 Å². The molecule has 2 aromatic rings. The number of halogens is 3. The van der Waals surface area contributed by atoms with Crippen molar-refractivity contribution in [2.24, 2.45) is 0 Å². The van der Waals surface area contributed by atoms with E-state index in [-0.39, 0.29) is 25.2 Å². The van der Waals surface area contributed by atoms with Gasteiger partial charge in [-0.25, -0.2) is 0 Å². The van der Waals surface area contributed by atoms with Crippen molar-refractivity contribution in [3.8, 4) is 0 Å². The Labute approximate surface area is 190 Å². The number of ether oxygens (including phenoxy) is 1. The summed E-state index contributed by atoms with van der Waals surface area (Å²) in [5, 5.41) is 24.0. The molecule has 8 nitrogen and oxygen atoms in total. The number of hydrogen-bond acceptors (Lipinski definition) is 6. The maximum absolute atomic E-state index is 12.6. The van der Waals surface area contributed by atoms with Crippen LogP contribution in [0, 0.1) is 26.0 Å². The van der Waals surface area contributed by atoms with E-state index in [0.29, 0.717) is 23.4 Å². The Bertz CT molecular complexity index is 845. The van der Waals surface area contributed by atoms with E-state index in [0.717, 1.165) is 16.6 Å². The third-order valence-electron chi connectivity index (χ3n) is 3.24. The second kappa shape index (κ2) is 13.5. The highest BCUT2D eigenvalue weighted by atomic mass is 79.9. The number of benzene rings is 2. The fourth-order valence-corrected chi connectivity index (χ4v) is 2.71. The van der Waals surface area contributed by atoms with Crippen LogP contribution in [0.3, 0.4) is 0 Å². The van der Waals surface area contributed by atoms with Crippen LogP contribution < -0.4 is 5.32 Å². The van der Waals surface area contributed by atoms with Crippen molar-refractivity contribution in [1.82, 2.24) is 0 Å². The molecular weight excluding hydrogens is 537 g/mol. The zero-order valence-corrected chi connectivity index (χ0v) is 19.7. The largest absolute Gasteiger partial charge is 0.380 e. The van der Waals surface area contributed by atoms with Gasteiger partial charge in [0.25, 0.3) is 5.69 Å². The number of nitrogens with zero attached hydrogens (tertiary/aromatic N) is 2. The molecule has 0 saturated carbocycles. The molecule has 0 spiro atoms. The van der Waals surface area contributed by atoms with Crippen molar-refractivity contribution in [2.45, 2.75) is 19.9 Å². The lowest BCUT2D eigenvalue weighted by Crippen LogP contribution is -2.22. The minimum atomic E-state index is -0.829. The van der Waals surface area contributed by atoms with Crippen molar-refractivity contribution >= 4 is 62.4 Å². The van der Waals surface area contributed by atoms with E-state index in [1.807, 2.05) is 13.8 Å². The molecule has 0 aliphatic carbocycles. The predicted octanol–water partition coefficient (Wildman–Crippen LogP) is 5.80. The van der Waals surface area contributed by atoms with Gasteiger partial charge in [-0.05, 0) is 38.1 Å². The van der Waals surface area contributed by atoms with Gasteiger partial charge >= 0.3 is 5.69 Å². The van der Waals surface area contributed by atoms with Crippen LogP contribution in [-0.2, 0) is 4.74 Å². The van der Waals surface area contributed by atoms with Crippen LogP contribution in [-0.4, -0.2) is 29.1 Å². The third kappa shape index (κ3) is 9.52. The van der Waals surface area contributed by atoms with Gasteiger partial charge in [-0.3, -0.25) is 20.2 Å². The second-order valence-corrected chi connectivity index (χ2v) is 7.31. The van der Waals surface area contributed by atoms with Crippen molar-refractivity contribution in [2.75, 3.05) is 18.5 Å². The summed E-state index contributed by atoms with van der Waals surface area (Å²) in [5.74, 6) is -0.829. The SMILES string of the molecule is CCOC[C@H](C)Nc1cc(Br)ccc1[N+](=O)[O-].O=[N+]([O-])c1ccc(Br)cc1F.S. The van der Waals surface area contributed by atoms with Crippen LogP contribution in [0.15, 0.2) is 45.3 Å². The molecule has 0 saturated heterocycles. The van der Waals surface area contributed by atoms with E-state index in [2.05, 4.69) is 37.2 Å². The molecule has 0 unspecified atom stereocenters. The fraction of sp³-hybridized carbons (Fsp3) is 0.294. The Morgan fingerprint density at radius 1 is 1.07 bits per heavy atom. The number of rotatable bonds is 7. The monoisotopic (exact) mass is 555 g/mol. The van der Waals surface area contributed by atoms with Crippen molar-refractivity contribution < 1.29 is 19.0 Å². The Morgan fingerprint density at radius 2 is 1.59 bits per heavy atom. The quantitative estimate of drug-likeness (QED) is 0.341. The van der Waals surface area contributed by atoms with Gasteiger partial charge in [0.05, 0.1) is 16.5 Å². The predicted molar refractivity (Wildman–Crippen MR) is 122 cm³/mol. The lowest BCUT2D eigenvalue weighted by Gasteiger charge is -2.15. The average Bonchev–Trinajstić information content (AvgIpc) is 2.60. The zero-order chi connectivity index (χ0) is 21.3. The summed E-state index contributed by atoms with van der Waals surface area (Å²) in [6.45, 7) is 4.97. The van der Waals surface area contributed by atoms with E-state index in [9.17, 15) is 24.6 Å². The standard InChI is InChI=1S/C11H15BrN2O3.C6H3BrFNO2.H2S/c1-3-17-7-8(2)13-10-6-9(12)4-5-11(10)14(15)16;7-4-1-2-6(9(10)11)5(8)3-4;/h4-6,8,13H,3,7H2,1-2H3;1-3H;1H2/t8-;;/m0../s1. The molecular formula is C17H20Br2FN3O5S. The number of hydrogen-bond donors (Lipinski definition) is 1. The van der Waals surface area contributed by atoms with Gasteiger partial charge in [0, 0.05) is 33.7 Å². The molecule has 1 N–H and O–H groups in total. The normalized spacial score (nSPS) is 10.8. The molecule has 2 rings (SSSR count). The van der Waals surface area contributed by atoms with Gasteiger partial charge in [-0.15, -0.1) is 0 Å². The summed E-state index contributed by atoms with van der Waals surface area (Å²) in [5.41, 5.74) is 0.0568. The Balaban J connectivity index is 0.000000568. The molecule has 29 heavy (non-hydrogen) atoms. The number of nitro benzene ring substituents is 2. The van der Waals surface area contributed by atoms with E-state index < -0.39 is 21.4 Å². The van der Waals surface area contributed by atoms with Crippen molar-refractivity contribution in [3.05, 3.63) is 71.4 Å². The molecule has 0 amide bonds. The van der Waals surface area contributed by atoms with Gasteiger partial charge in [0.2, 0.25) is 5.82 Å². The lowest BCUT2D eigenvalue weighted by atomic mass is 10.2. The summed E-state index contributed by atoms with van der Waals surface area (Å²) >= 11 is 6.28.